The van der Waals surface area contributed by atoms with Gasteiger partial charge in [0.05, 0.1) is 23.8 Å². The van der Waals surface area contributed by atoms with Crippen molar-refractivity contribution in [3.05, 3.63) is 69.7 Å². The lowest BCUT2D eigenvalue weighted by atomic mass is 10.2. The van der Waals surface area contributed by atoms with Crippen LogP contribution in [0.5, 0.6) is 5.75 Å². The highest BCUT2D eigenvalue weighted by molar-refractivity contribution is 6.31. The van der Waals surface area contributed by atoms with Gasteiger partial charge < -0.3 is 4.74 Å². The van der Waals surface area contributed by atoms with E-state index in [9.17, 15) is 4.79 Å². The number of aryl methyl sites for hydroxylation is 1. The summed E-state index contributed by atoms with van der Waals surface area (Å²) in [5.74, 6) is 0.796. The zero-order valence-electron chi connectivity index (χ0n) is 12.1. The van der Waals surface area contributed by atoms with Crippen LogP contribution in [0.1, 0.15) is 5.56 Å². The minimum atomic E-state index is -0.111. The highest BCUT2D eigenvalue weighted by Crippen LogP contribution is 2.14. The second kappa shape index (κ2) is 6.20. The molecule has 0 unspecified atom stereocenters. The summed E-state index contributed by atoms with van der Waals surface area (Å²) >= 11 is 5.94. The van der Waals surface area contributed by atoms with Gasteiger partial charge >= 0.3 is 0 Å². The van der Waals surface area contributed by atoms with Gasteiger partial charge in [-0.25, -0.2) is 4.98 Å². The summed E-state index contributed by atoms with van der Waals surface area (Å²) in [6, 6.07) is 12.9. The van der Waals surface area contributed by atoms with Crippen molar-refractivity contribution in [2.24, 2.45) is 0 Å². The normalized spacial score (nSPS) is 10.8. The highest BCUT2D eigenvalue weighted by atomic mass is 35.5. The quantitative estimate of drug-likeness (QED) is 0.741. The van der Waals surface area contributed by atoms with Gasteiger partial charge in [-0.2, -0.15) is 0 Å². The molecule has 0 amide bonds. The van der Waals surface area contributed by atoms with E-state index in [1.165, 1.54) is 10.9 Å². The molecule has 22 heavy (non-hydrogen) atoms. The molecule has 0 aliphatic heterocycles. The molecule has 0 fully saturated rings. The molecule has 0 saturated heterocycles. The molecule has 0 bridgehead atoms. The molecule has 0 atom stereocenters. The lowest BCUT2D eigenvalue weighted by Crippen LogP contribution is -2.23. The first-order chi connectivity index (χ1) is 10.6. The first-order valence-electron chi connectivity index (χ1n) is 6.98. The summed E-state index contributed by atoms with van der Waals surface area (Å²) in [4.78, 5) is 16.7. The molecule has 0 aliphatic carbocycles. The first-order valence-corrected chi connectivity index (χ1v) is 7.35. The third-order valence-corrected chi connectivity index (χ3v) is 3.61. The van der Waals surface area contributed by atoms with Crippen LogP contribution in [0, 0.1) is 6.92 Å². The van der Waals surface area contributed by atoms with Crippen molar-refractivity contribution >= 4 is 22.5 Å². The van der Waals surface area contributed by atoms with Crippen LogP contribution in [-0.2, 0) is 6.54 Å². The Hall–Kier alpha value is -2.33. The van der Waals surface area contributed by atoms with E-state index in [4.69, 9.17) is 16.3 Å². The number of hydrogen-bond donors (Lipinski definition) is 0. The van der Waals surface area contributed by atoms with Gasteiger partial charge in [0.15, 0.2) is 0 Å². The van der Waals surface area contributed by atoms with Crippen LogP contribution in [0.2, 0.25) is 5.02 Å². The Morgan fingerprint density at radius 3 is 2.91 bits per heavy atom. The third kappa shape index (κ3) is 3.12. The molecular weight excluding hydrogens is 300 g/mol. The standard InChI is InChI=1S/C17H15ClN2O2/c1-12-3-2-4-14(9-12)22-8-7-20-11-19-16-6-5-13(18)10-15(16)17(20)21/h2-6,9-11H,7-8H2,1H3. The summed E-state index contributed by atoms with van der Waals surface area (Å²) in [5.41, 5.74) is 1.67. The summed E-state index contributed by atoms with van der Waals surface area (Å²) in [6.07, 6.45) is 1.54. The predicted molar refractivity (Wildman–Crippen MR) is 87.7 cm³/mol. The van der Waals surface area contributed by atoms with E-state index in [2.05, 4.69) is 4.98 Å². The van der Waals surface area contributed by atoms with Gasteiger partial charge in [0, 0.05) is 5.02 Å². The Bertz CT molecular complexity index is 874. The number of rotatable bonds is 4. The molecule has 0 spiro atoms. The maximum Gasteiger partial charge on any atom is 0.261 e. The molecule has 2 aromatic carbocycles. The number of aromatic nitrogens is 2. The summed E-state index contributed by atoms with van der Waals surface area (Å²) in [6.45, 7) is 2.84. The molecule has 0 N–H and O–H groups in total. The van der Waals surface area contributed by atoms with E-state index in [1.807, 2.05) is 31.2 Å². The molecule has 3 aromatic rings. The second-order valence-electron chi connectivity index (χ2n) is 5.07. The smallest absolute Gasteiger partial charge is 0.261 e. The van der Waals surface area contributed by atoms with Crippen LogP contribution in [0.25, 0.3) is 10.9 Å². The second-order valence-corrected chi connectivity index (χ2v) is 5.51. The molecule has 112 valence electrons. The summed E-state index contributed by atoms with van der Waals surface area (Å²) < 4.78 is 7.20. The molecule has 4 nitrogen and oxygen atoms in total. The van der Waals surface area contributed by atoms with Gasteiger partial charge in [0.2, 0.25) is 0 Å². The Labute approximate surface area is 132 Å². The lowest BCUT2D eigenvalue weighted by molar-refractivity contribution is 0.296. The SMILES string of the molecule is Cc1cccc(OCCn2cnc3ccc(Cl)cc3c2=O)c1. The van der Waals surface area contributed by atoms with Crippen LogP contribution < -0.4 is 10.3 Å². The fourth-order valence-electron chi connectivity index (χ4n) is 2.26. The molecule has 3 rings (SSSR count). The van der Waals surface area contributed by atoms with Crippen molar-refractivity contribution in [2.75, 3.05) is 6.61 Å². The molecule has 0 saturated carbocycles. The Kier molecular flexibility index (Phi) is 4.11. The number of hydrogen-bond acceptors (Lipinski definition) is 3. The van der Waals surface area contributed by atoms with E-state index in [1.54, 1.807) is 18.2 Å². The maximum atomic E-state index is 12.4. The third-order valence-electron chi connectivity index (χ3n) is 3.38. The van der Waals surface area contributed by atoms with Gasteiger partial charge in [-0.3, -0.25) is 9.36 Å². The number of halogens is 1. The highest BCUT2D eigenvalue weighted by Gasteiger charge is 2.05. The fraction of sp³-hybridized carbons (Fsp3) is 0.176. The minimum absolute atomic E-state index is 0.111. The van der Waals surface area contributed by atoms with Crippen LogP contribution in [0.15, 0.2) is 53.6 Å². The van der Waals surface area contributed by atoms with Gasteiger partial charge in [-0.1, -0.05) is 23.7 Å². The van der Waals surface area contributed by atoms with Gasteiger partial charge in [0.1, 0.15) is 12.4 Å². The van der Waals surface area contributed by atoms with E-state index < -0.39 is 0 Å². The summed E-state index contributed by atoms with van der Waals surface area (Å²) in [5, 5.41) is 1.05. The van der Waals surface area contributed by atoms with Crippen molar-refractivity contribution in [3.63, 3.8) is 0 Å². The van der Waals surface area contributed by atoms with Crippen molar-refractivity contribution in [1.82, 2.24) is 9.55 Å². The van der Waals surface area contributed by atoms with Crippen LogP contribution >= 0.6 is 11.6 Å². The van der Waals surface area contributed by atoms with E-state index in [0.717, 1.165) is 11.3 Å². The Morgan fingerprint density at radius 1 is 1.23 bits per heavy atom. The average molecular weight is 315 g/mol. The average Bonchev–Trinajstić information content (AvgIpc) is 2.50. The molecule has 1 heterocycles. The van der Waals surface area contributed by atoms with Crippen molar-refractivity contribution in [3.8, 4) is 5.75 Å². The van der Waals surface area contributed by atoms with Gasteiger partial charge in [-0.05, 0) is 42.8 Å². The van der Waals surface area contributed by atoms with E-state index >= 15 is 0 Å². The van der Waals surface area contributed by atoms with Crippen molar-refractivity contribution < 1.29 is 4.74 Å². The fourth-order valence-corrected chi connectivity index (χ4v) is 2.43. The molecule has 5 heteroatoms. The monoisotopic (exact) mass is 314 g/mol. The van der Waals surface area contributed by atoms with Crippen LogP contribution in [0.3, 0.4) is 0 Å². The zero-order valence-corrected chi connectivity index (χ0v) is 12.9. The Balaban J connectivity index is 1.77. The van der Waals surface area contributed by atoms with E-state index in [0.29, 0.717) is 29.1 Å². The predicted octanol–water partition coefficient (Wildman–Crippen LogP) is 3.44. The number of nitrogens with zero attached hydrogens (tertiary/aromatic N) is 2. The number of fused-ring (bicyclic) bond motifs is 1. The van der Waals surface area contributed by atoms with Crippen molar-refractivity contribution in [1.29, 1.82) is 0 Å². The molecule has 0 radical (unpaired) electrons. The number of ether oxygens (including phenoxy) is 1. The van der Waals surface area contributed by atoms with Crippen LogP contribution in [0.4, 0.5) is 0 Å². The first kappa shape index (κ1) is 14.6. The van der Waals surface area contributed by atoms with Crippen LogP contribution in [-0.4, -0.2) is 16.2 Å². The topological polar surface area (TPSA) is 44.1 Å². The molecule has 1 aromatic heterocycles. The van der Waals surface area contributed by atoms with E-state index in [-0.39, 0.29) is 5.56 Å². The zero-order chi connectivity index (χ0) is 15.5. The summed E-state index contributed by atoms with van der Waals surface area (Å²) in [7, 11) is 0. The van der Waals surface area contributed by atoms with Gasteiger partial charge in [0.25, 0.3) is 5.56 Å². The van der Waals surface area contributed by atoms with Gasteiger partial charge in [-0.15, -0.1) is 0 Å². The molecular formula is C17H15ClN2O2. The van der Waals surface area contributed by atoms with Crippen molar-refractivity contribution in [2.45, 2.75) is 13.5 Å². The maximum absolute atomic E-state index is 12.4. The minimum Gasteiger partial charge on any atom is -0.492 e. The lowest BCUT2D eigenvalue weighted by Gasteiger charge is -2.09. The largest absolute Gasteiger partial charge is 0.492 e. The molecule has 0 aliphatic rings. The Morgan fingerprint density at radius 2 is 2.09 bits per heavy atom. The number of benzene rings is 2.